The van der Waals surface area contributed by atoms with Crippen LogP contribution in [0.3, 0.4) is 0 Å². The molecule has 0 radical (unpaired) electrons. The lowest BCUT2D eigenvalue weighted by molar-refractivity contribution is -0.190. The molecule has 2 atom stereocenters. The summed E-state index contributed by atoms with van der Waals surface area (Å²) in [5.41, 5.74) is 1.19. The first-order valence-electron chi connectivity index (χ1n) is 8.62. The topological polar surface area (TPSA) is 44.8 Å². The van der Waals surface area contributed by atoms with Crippen LogP contribution < -0.4 is 0 Å². The van der Waals surface area contributed by atoms with Gasteiger partial charge in [0.2, 0.25) is 5.25 Å². The van der Waals surface area contributed by atoms with Crippen molar-refractivity contribution in [3.05, 3.63) is 11.6 Å². The van der Waals surface area contributed by atoms with Crippen molar-refractivity contribution < 1.29 is 19.0 Å². The van der Waals surface area contributed by atoms with Gasteiger partial charge in [0.15, 0.2) is 0 Å². The Kier molecular flexibility index (Phi) is 12.5. The van der Waals surface area contributed by atoms with Crippen LogP contribution >= 0.6 is 11.6 Å². The Morgan fingerprint density at radius 3 is 2.61 bits per heavy atom. The molecular formula is C18H33ClO4. The zero-order valence-electron chi connectivity index (χ0n) is 15.3. The first-order chi connectivity index (χ1) is 10.8. The Morgan fingerprint density at radius 2 is 2.00 bits per heavy atom. The summed E-state index contributed by atoms with van der Waals surface area (Å²) in [6, 6.07) is 0. The van der Waals surface area contributed by atoms with Crippen molar-refractivity contribution in [1.82, 2.24) is 0 Å². The third-order valence-corrected chi connectivity index (χ3v) is 3.56. The van der Waals surface area contributed by atoms with E-state index in [1.165, 1.54) is 5.57 Å². The maximum atomic E-state index is 11.3. The van der Waals surface area contributed by atoms with Crippen LogP contribution in [0, 0.1) is 0 Å². The van der Waals surface area contributed by atoms with E-state index in [0.717, 1.165) is 32.1 Å². The molecule has 0 aromatic carbocycles. The molecule has 5 heteroatoms. The lowest BCUT2D eigenvalue weighted by atomic mass is 10.1. The van der Waals surface area contributed by atoms with E-state index in [2.05, 4.69) is 13.0 Å². The number of hydrogen-bond donors (Lipinski definition) is 0. The number of rotatable bonds is 13. The van der Waals surface area contributed by atoms with Gasteiger partial charge in [-0.05, 0) is 46.5 Å². The van der Waals surface area contributed by atoms with Crippen LogP contribution in [0.15, 0.2) is 11.6 Å². The molecule has 0 fully saturated rings. The molecule has 0 aromatic heterocycles. The summed E-state index contributed by atoms with van der Waals surface area (Å²) in [7, 11) is 0. The second kappa shape index (κ2) is 12.8. The van der Waals surface area contributed by atoms with Crippen LogP contribution in [-0.4, -0.2) is 30.5 Å². The molecule has 0 rings (SSSR count). The second-order valence-electron chi connectivity index (χ2n) is 5.90. The zero-order valence-corrected chi connectivity index (χ0v) is 16.1. The molecule has 0 spiro atoms. The van der Waals surface area contributed by atoms with Crippen molar-refractivity contribution in [3.8, 4) is 0 Å². The van der Waals surface area contributed by atoms with Gasteiger partial charge in [-0.25, -0.2) is 0 Å². The van der Waals surface area contributed by atoms with Crippen LogP contribution in [0.5, 0.6) is 0 Å². The molecule has 4 nitrogen and oxygen atoms in total. The lowest BCUT2D eigenvalue weighted by Crippen LogP contribution is -2.30. The van der Waals surface area contributed by atoms with Gasteiger partial charge in [0, 0.05) is 13.3 Å². The summed E-state index contributed by atoms with van der Waals surface area (Å²) < 4.78 is 16.2. The molecule has 0 amide bonds. The molecule has 2 unspecified atom stereocenters. The van der Waals surface area contributed by atoms with Gasteiger partial charge in [-0.15, -0.1) is 0 Å². The van der Waals surface area contributed by atoms with Crippen molar-refractivity contribution in [1.29, 1.82) is 0 Å². The number of hydrogen-bond acceptors (Lipinski definition) is 4. The number of unbranched alkanes of at least 4 members (excludes halogenated alkanes) is 1. The Bertz CT molecular complexity index is 353. The minimum absolute atomic E-state index is 0.00762. The summed E-state index contributed by atoms with van der Waals surface area (Å²) in [5, 5.41) is -1.06. The fourth-order valence-corrected chi connectivity index (χ4v) is 2.28. The van der Waals surface area contributed by atoms with Crippen molar-refractivity contribution in [2.45, 2.75) is 84.5 Å². The molecule has 0 aliphatic carbocycles. The highest BCUT2D eigenvalue weighted by Crippen LogP contribution is 2.22. The average molecular weight is 349 g/mol. The summed E-state index contributed by atoms with van der Waals surface area (Å²) in [6.45, 7) is 10.7. The van der Waals surface area contributed by atoms with Gasteiger partial charge in [0.25, 0.3) is 0 Å². The minimum Gasteiger partial charge on any atom is -0.466 e. The summed E-state index contributed by atoms with van der Waals surface area (Å²) in [4.78, 5) is 11.3. The Hall–Kier alpha value is -0.580. The average Bonchev–Trinajstić information content (AvgIpc) is 2.45. The van der Waals surface area contributed by atoms with Gasteiger partial charge in [-0.2, -0.15) is 0 Å². The largest absolute Gasteiger partial charge is 0.466 e. The van der Waals surface area contributed by atoms with E-state index in [-0.39, 0.29) is 12.1 Å². The number of halogens is 1. The number of esters is 1. The molecule has 0 saturated carbocycles. The van der Waals surface area contributed by atoms with Gasteiger partial charge in [-0.1, -0.05) is 36.6 Å². The van der Waals surface area contributed by atoms with E-state index < -0.39 is 5.25 Å². The molecule has 0 aliphatic rings. The number of carbonyl (C=O) groups excluding carboxylic acids is 1. The monoisotopic (exact) mass is 348 g/mol. The normalized spacial score (nSPS) is 16.0. The van der Waals surface area contributed by atoms with E-state index in [0.29, 0.717) is 19.6 Å². The molecule has 0 bridgehead atoms. The third kappa shape index (κ3) is 13.5. The minimum atomic E-state index is -1.06. The zero-order chi connectivity index (χ0) is 17.7. The fourth-order valence-electron chi connectivity index (χ4n) is 2.05. The Balaban J connectivity index is 3.96. The van der Waals surface area contributed by atoms with E-state index in [4.69, 9.17) is 25.8 Å². The highest BCUT2D eigenvalue weighted by molar-refractivity contribution is 6.21. The van der Waals surface area contributed by atoms with Crippen LogP contribution in [0.2, 0.25) is 0 Å². The Morgan fingerprint density at radius 1 is 1.30 bits per heavy atom. The van der Waals surface area contributed by atoms with Crippen LogP contribution in [0.1, 0.15) is 73.1 Å². The fraction of sp³-hybridized carbons (Fsp3) is 0.833. The van der Waals surface area contributed by atoms with Crippen LogP contribution in [0.25, 0.3) is 0 Å². The summed E-state index contributed by atoms with van der Waals surface area (Å²) in [6.07, 6.45) is 7.11. The standard InChI is InChI=1S/C18H33ClO4/c1-6-8-14-22-18(5,19)23-16(4)11-9-10-15(3)12-13-17(20)21-7-2/h10,16H,6-9,11-14H2,1-5H3. The molecule has 0 N–H and O–H groups in total. The first kappa shape index (κ1) is 22.4. The quantitative estimate of drug-likeness (QED) is 0.151. The molecule has 0 saturated heterocycles. The third-order valence-electron chi connectivity index (χ3n) is 3.36. The number of carbonyl (C=O) groups is 1. The van der Waals surface area contributed by atoms with E-state index in [9.17, 15) is 4.79 Å². The highest BCUT2D eigenvalue weighted by atomic mass is 35.5. The molecule has 0 aromatic rings. The van der Waals surface area contributed by atoms with E-state index in [1.807, 2.05) is 20.8 Å². The van der Waals surface area contributed by atoms with E-state index >= 15 is 0 Å². The summed E-state index contributed by atoms with van der Waals surface area (Å²) >= 11 is 6.21. The summed E-state index contributed by atoms with van der Waals surface area (Å²) in [5.74, 6) is -0.140. The first-order valence-corrected chi connectivity index (χ1v) is 9.00. The molecule has 136 valence electrons. The van der Waals surface area contributed by atoms with Crippen LogP contribution in [-0.2, 0) is 19.0 Å². The van der Waals surface area contributed by atoms with Crippen molar-refractivity contribution in [3.63, 3.8) is 0 Å². The number of alkyl halides is 1. The SMILES string of the molecule is CCCCOC(C)(Cl)OC(C)CCC=C(C)CCC(=O)OCC. The van der Waals surface area contributed by atoms with Gasteiger partial charge in [-0.3, -0.25) is 4.79 Å². The van der Waals surface area contributed by atoms with Crippen molar-refractivity contribution >= 4 is 17.6 Å². The second-order valence-corrected chi connectivity index (χ2v) is 6.58. The lowest BCUT2D eigenvalue weighted by Gasteiger charge is -2.26. The van der Waals surface area contributed by atoms with Crippen LogP contribution in [0.4, 0.5) is 0 Å². The van der Waals surface area contributed by atoms with Gasteiger partial charge < -0.3 is 14.2 Å². The molecule has 0 heterocycles. The highest BCUT2D eigenvalue weighted by Gasteiger charge is 2.24. The van der Waals surface area contributed by atoms with E-state index in [1.54, 1.807) is 6.92 Å². The number of ether oxygens (including phenoxy) is 3. The molecule has 23 heavy (non-hydrogen) atoms. The molecule has 0 aliphatic heterocycles. The predicted molar refractivity (Wildman–Crippen MR) is 94.5 cm³/mol. The van der Waals surface area contributed by atoms with Crippen molar-refractivity contribution in [2.24, 2.45) is 0 Å². The maximum Gasteiger partial charge on any atom is 0.306 e. The predicted octanol–water partition coefficient (Wildman–Crippen LogP) is 5.19. The smallest absolute Gasteiger partial charge is 0.306 e. The maximum absolute atomic E-state index is 11.3. The van der Waals surface area contributed by atoms with Gasteiger partial charge in [0.05, 0.1) is 19.3 Å². The molecular weight excluding hydrogens is 316 g/mol. The Labute approximate surface area is 146 Å². The van der Waals surface area contributed by atoms with Gasteiger partial charge >= 0.3 is 5.97 Å². The van der Waals surface area contributed by atoms with Crippen molar-refractivity contribution in [2.75, 3.05) is 13.2 Å². The number of allylic oxidation sites excluding steroid dienone is 2. The van der Waals surface area contributed by atoms with Gasteiger partial charge in [0.1, 0.15) is 0 Å².